The third-order valence-electron chi connectivity index (χ3n) is 1.14. The predicted molar refractivity (Wildman–Crippen MR) is 45.9 cm³/mol. The maximum absolute atomic E-state index is 11.0. The lowest BCUT2D eigenvalue weighted by Crippen LogP contribution is -2.32. The zero-order chi connectivity index (χ0) is 10.3. The normalized spacial score (nSPS) is 11.5. The van der Waals surface area contributed by atoms with Gasteiger partial charge < -0.3 is 9.84 Å². The summed E-state index contributed by atoms with van der Waals surface area (Å²) in [6.45, 7) is 1.67. The molecule has 0 atom stereocenters. The monoisotopic (exact) mass is 211 g/mol. The maximum Gasteiger partial charge on any atom is 0.318 e. The molecule has 2 N–H and O–H groups in total. The number of hydrogen-bond acceptors (Lipinski definition) is 4. The minimum Gasteiger partial charge on any atom is -0.480 e. The molecule has 0 aliphatic carbocycles. The van der Waals surface area contributed by atoms with E-state index in [-0.39, 0.29) is 12.4 Å². The molecule has 0 rings (SSSR count). The molecule has 0 aliphatic rings. The van der Waals surface area contributed by atoms with E-state index in [9.17, 15) is 13.2 Å². The van der Waals surface area contributed by atoms with Gasteiger partial charge in [0.25, 0.3) is 0 Å². The van der Waals surface area contributed by atoms with E-state index < -0.39 is 22.5 Å². The SMILES string of the molecule is CCOCCS(=O)(=O)NCC(=O)O. The van der Waals surface area contributed by atoms with Crippen LogP contribution in [0.4, 0.5) is 0 Å². The van der Waals surface area contributed by atoms with Crippen molar-refractivity contribution in [3.63, 3.8) is 0 Å². The van der Waals surface area contributed by atoms with Crippen molar-refractivity contribution in [2.45, 2.75) is 6.92 Å². The van der Waals surface area contributed by atoms with Crippen LogP contribution in [0.1, 0.15) is 6.92 Å². The van der Waals surface area contributed by atoms with Crippen LogP contribution in [0.5, 0.6) is 0 Å². The molecule has 0 aromatic rings. The summed E-state index contributed by atoms with van der Waals surface area (Å²) >= 11 is 0. The van der Waals surface area contributed by atoms with Crippen molar-refractivity contribution in [1.82, 2.24) is 4.72 Å². The van der Waals surface area contributed by atoms with E-state index in [1.165, 1.54) is 0 Å². The Balaban J connectivity index is 3.74. The minimum atomic E-state index is -3.50. The van der Waals surface area contributed by atoms with Crippen molar-refractivity contribution < 1.29 is 23.1 Å². The van der Waals surface area contributed by atoms with Crippen molar-refractivity contribution in [3.05, 3.63) is 0 Å². The van der Waals surface area contributed by atoms with Crippen LogP contribution in [0, 0.1) is 0 Å². The van der Waals surface area contributed by atoms with Crippen molar-refractivity contribution in [2.75, 3.05) is 25.5 Å². The molecule has 0 unspecified atom stereocenters. The number of carboxylic acid groups (broad SMARTS) is 1. The van der Waals surface area contributed by atoms with Crippen molar-refractivity contribution in [2.24, 2.45) is 0 Å². The number of carboxylic acids is 1. The van der Waals surface area contributed by atoms with Crippen LogP contribution in [0.25, 0.3) is 0 Å². The highest BCUT2D eigenvalue weighted by Crippen LogP contribution is 1.84. The summed E-state index contributed by atoms with van der Waals surface area (Å²) in [4.78, 5) is 10.0. The summed E-state index contributed by atoms with van der Waals surface area (Å²) in [5.74, 6) is -1.42. The Morgan fingerprint density at radius 2 is 2.15 bits per heavy atom. The predicted octanol–water partition coefficient (Wildman–Crippen LogP) is -0.973. The summed E-state index contributed by atoms with van der Waals surface area (Å²) in [7, 11) is -3.50. The number of sulfonamides is 1. The second kappa shape index (κ2) is 5.90. The topological polar surface area (TPSA) is 92.7 Å². The van der Waals surface area contributed by atoms with E-state index in [4.69, 9.17) is 9.84 Å². The van der Waals surface area contributed by atoms with Crippen LogP contribution in [0.3, 0.4) is 0 Å². The smallest absolute Gasteiger partial charge is 0.318 e. The lowest BCUT2D eigenvalue weighted by molar-refractivity contribution is -0.135. The molecule has 0 fully saturated rings. The molecule has 0 amide bonds. The van der Waals surface area contributed by atoms with Gasteiger partial charge in [0.2, 0.25) is 10.0 Å². The highest BCUT2D eigenvalue weighted by atomic mass is 32.2. The van der Waals surface area contributed by atoms with E-state index in [1.54, 1.807) is 6.92 Å². The van der Waals surface area contributed by atoms with Gasteiger partial charge >= 0.3 is 5.97 Å². The van der Waals surface area contributed by atoms with Crippen molar-refractivity contribution in [3.8, 4) is 0 Å². The number of ether oxygens (including phenoxy) is 1. The number of carbonyl (C=O) groups is 1. The van der Waals surface area contributed by atoms with Gasteiger partial charge in [-0.2, -0.15) is 0 Å². The summed E-state index contributed by atoms with van der Waals surface area (Å²) < 4.78 is 28.6. The molecule has 0 aromatic carbocycles. The lowest BCUT2D eigenvalue weighted by atomic mass is 10.7. The Labute approximate surface area is 76.9 Å². The van der Waals surface area contributed by atoms with E-state index in [1.807, 2.05) is 4.72 Å². The van der Waals surface area contributed by atoms with Crippen LogP contribution in [-0.2, 0) is 19.6 Å². The molecule has 78 valence electrons. The summed E-state index contributed by atoms with van der Waals surface area (Å²) in [6.07, 6.45) is 0. The molecule has 0 radical (unpaired) electrons. The molecule has 0 saturated heterocycles. The molecule has 0 aromatic heterocycles. The van der Waals surface area contributed by atoms with Gasteiger partial charge in [0, 0.05) is 6.61 Å². The van der Waals surface area contributed by atoms with Gasteiger partial charge in [-0.1, -0.05) is 0 Å². The van der Waals surface area contributed by atoms with E-state index in [0.717, 1.165) is 0 Å². The first kappa shape index (κ1) is 12.3. The Bertz CT molecular complexity index is 248. The largest absolute Gasteiger partial charge is 0.480 e. The Hall–Kier alpha value is -0.660. The molecule has 0 bridgehead atoms. The maximum atomic E-state index is 11.0. The number of aliphatic carboxylic acids is 1. The van der Waals surface area contributed by atoms with Gasteiger partial charge in [0.15, 0.2) is 0 Å². The van der Waals surface area contributed by atoms with Crippen LogP contribution in [-0.4, -0.2) is 45.0 Å². The first-order valence-electron chi connectivity index (χ1n) is 3.75. The van der Waals surface area contributed by atoms with Crippen LogP contribution in [0.2, 0.25) is 0 Å². The Morgan fingerprint density at radius 3 is 2.62 bits per heavy atom. The van der Waals surface area contributed by atoms with Gasteiger partial charge in [-0.3, -0.25) is 4.79 Å². The molecular weight excluding hydrogens is 198 g/mol. The van der Waals surface area contributed by atoms with E-state index in [2.05, 4.69) is 0 Å². The summed E-state index contributed by atoms with van der Waals surface area (Å²) in [5, 5.41) is 8.19. The fourth-order valence-electron chi connectivity index (χ4n) is 0.557. The van der Waals surface area contributed by atoms with Gasteiger partial charge in [-0.05, 0) is 6.92 Å². The van der Waals surface area contributed by atoms with Crippen molar-refractivity contribution >= 4 is 16.0 Å². The fourth-order valence-corrected chi connectivity index (χ4v) is 1.38. The summed E-state index contributed by atoms with van der Waals surface area (Å²) in [5.41, 5.74) is 0. The quantitative estimate of drug-likeness (QED) is 0.528. The average Bonchev–Trinajstić information content (AvgIpc) is 2.02. The molecule has 0 heterocycles. The highest BCUT2D eigenvalue weighted by Gasteiger charge is 2.10. The average molecular weight is 211 g/mol. The van der Waals surface area contributed by atoms with Gasteiger partial charge in [-0.15, -0.1) is 0 Å². The van der Waals surface area contributed by atoms with E-state index in [0.29, 0.717) is 6.61 Å². The van der Waals surface area contributed by atoms with Gasteiger partial charge in [0.1, 0.15) is 6.54 Å². The third-order valence-corrected chi connectivity index (χ3v) is 2.43. The number of hydrogen-bond donors (Lipinski definition) is 2. The van der Waals surface area contributed by atoms with Crippen LogP contribution >= 0.6 is 0 Å². The molecule has 0 saturated carbocycles. The molecule has 7 heteroatoms. The molecule has 13 heavy (non-hydrogen) atoms. The first-order valence-corrected chi connectivity index (χ1v) is 5.40. The van der Waals surface area contributed by atoms with Gasteiger partial charge in [0.05, 0.1) is 12.4 Å². The van der Waals surface area contributed by atoms with Crippen molar-refractivity contribution in [1.29, 1.82) is 0 Å². The second-order valence-corrected chi connectivity index (χ2v) is 4.16. The number of rotatable bonds is 7. The van der Waals surface area contributed by atoms with Crippen LogP contribution in [0.15, 0.2) is 0 Å². The first-order chi connectivity index (χ1) is 5.98. The number of nitrogens with one attached hydrogen (secondary N) is 1. The highest BCUT2D eigenvalue weighted by molar-refractivity contribution is 7.89. The Kier molecular flexibility index (Phi) is 5.60. The zero-order valence-corrected chi connectivity index (χ0v) is 8.13. The molecule has 0 spiro atoms. The summed E-state index contributed by atoms with van der Waals surface area (Å²) in [6, 6.07) is 0. The van der Waals surface area contributed by atoms with Gasteiger partial charge in [-0.25, -0.2) is 13.1 Å². The molecule has 6 nitrogen and oxygen atoms in total. The Morgan fingerprint density at radius 1 is 1.54 bits per heavy atom. The van der Waals surface area contributed by atoms with E-state index >= 15 is 0 Å². The molecular formula is C6H13NO5S. The molecule has 0 aliphatic heterocycles. The third kappa shape index (κ3) is 7.69. The lowest BCUT2D eigenvalue weighted by Gasteiger charge is -2.03. The fraction of sp³-hybridized carbons (Fsp3) is 0.833. The zero-order valence-electron chi connectivity index (χ0n) is 7.32. The second-order valence-electron chi connectivity index (χ2n) is 2.23. The van der Waals surface area contributed by atoms with Crippen LogP contribution < -0.4 is 4.72 Å². The standard InChI is InChI=1S/C6H13NO5S/c1-2-12-3-4-13(10,11)7-5-6(8)9/h7H,2-5H2,1H3,(H,8,9). The minimum absolute atomic E-state index is 0.0749.